The van der Waals surface area contributed by atoms with Crippen molar-refractivity contribution in [2.75, 3.05) is 7.05 Å². The molecule has 2 N–H and O–H groups in total. The number of carbonyl (C=O) groups excluding carboxylic acids is 2. The minimum atomic E-state index is -0.280. The molecule has 0 aliphatic carbocycles. The largest absolute Gasteiger partial charge is 0.451 e. The number of aromatic nitrogens is 2. The van der Waals surface area contributed by atoms with E-state index in [0.717, 1.165) is 17.7 Å². The molecule has 0 unspecified atom stereocenters. The van der Waals surface area contributed by atoms with Crippen molar-refractivity contribution in [1.82, 2.24) is 20.4 Å². The van der Waals surface area contributed by atoms with Gasteiger partial charge in [-0.1, -0.05) is 19.1 Å². The van der Waals surface area contributed by atoms with Crippen LogP contribution in [0.15, 0.2) is 53.1 Å². The molecule has 1 aromatic carbocycles. The highest BCUT2D eigenvalue weighted by molar-refractivity contribution is 5.95. The summed E-state index contributed by atoms with van der Waals surface area (Å²) in [6.07, 6.45) is 2.48. The van der Waals surface area contributed by atoms with Gasteiger partial charge in [-0.05, 0) is 36.8 Å². The van der Waals surface area contributed by atoms with Crippen LogP contribution >= 0.6 is 0 Å². The van der Waals surface area contributed by atoms with Gasteiger partial charge in [0.25, 0.3) is 11.8 Å². The average molecular weight is 366 g/mol. The summed E-state index contributed by atoms with van der Waals surface area (Å²) in [4.78, 5) is 24.2. The Balaban J connectivity index is 1.73. The Morgan fingerprint density at radius 1 is 1.11 bits per heavy atom. The number of benzene rings is 1. The monoisotopic (exact) mass is 366 g/mol. The quantitative estimate of drug-likeness (QED) is 0.702. The van der Waals surface area contributed by atoms with E-state index in [1.165, 1.54) is 0 Å². The van der Waals surface area contributed by atoms with Gasteiger partial charge in [-0.3, -0.25) is 14.3 Å². The fraction of sp³-hybridized carbons (Fsp3) is 0.250. The maximum absolute atomic E-state index is 12.6. The number of aryl methyl sites for hydroxylation is 1. The maximum atomic E-state index is 12.6. The number of amides is 2. The lowest BCUT2D eigenvalue weighted by Crippen LogP contribution is -2.29. The van der Waals surface area contributed by atoms with E-state index < -0.39 is 0 Å². The maximum Gasteiger partial charge on any atom is 0.286 e. The van der Waals surface area contributed by atoms with Gasteiger partial charge in [-0.25, -0.2) is 0 Å². The lowest BCUT2D eigenvalue weighted by atomic mass is 10.1. The molecule has 7 heteroatoms. The third kappa shape index (κ3) is 3.92. The minimum absolute atomic E-state index is 0.107. The van der Waals surface area contributed by atoms with Gasteiger partial charge in [0.05, 0.1) is 11.7 Å². The van der Waals surface area contributed by atoms with E-state index in [0.29, 0.717) is 11.3 Å². The zero-order valence-electron chi connectivity index (χ0n) is 15.5. The van der Waals surface area contributed by atoms with Crippen LogP contribution in [0.1, 0.15) is 46.0 Å². The predicted molar refractivity (Wildman–Crippen MR) is 101 cm³/mol. The molecule has 7 nitrogen and oxygen atoms in total. The first-order valence-electron chi connectivity index (χ1n) is 8.74. The molecule has 2 heterocycles. The van der Waals surface area contributed by atoms with Crippen LogP contribution in [-0.4, -0.2) is 28.6 Å². The molecule has 27 heavy (non-hydrogen) atoms. The summed E-state index contributed by atoms with van der Waals surface area (Å²) in [5.41, 5.74) is 2.30. The van der Waals surface area contributed by atoms with Gasteiger partial charge in [0.2, 0.25) is 0 Å². The highest BCUT2D eigenvalue weighted by Crippen LogP contribution is 2.23. The Hall–Kier alpha value is -3.35. The molecule has 1 atom stereocenters. The van der Waals surface area contributed by atoms with Gasteiger partial charge in [0.15, 0.2) is 5.76 Å². The van der Waals surface area contributed by atoms with E-state index in [1.54, 1.807) is 54.3 Å². The van der Waals surface area contributed by atoms with Crippen molar-refractivity contribution < 1.29 is 14.0 Å². The Kier molecular flexibility index (Phi) is 5.40. The Bertz CT molecular complexity index is 940. The summed E-state index contributed by atoms with van der Waals surface area (Å²) < 4.78 is 7.31. The van der Waals surface area contributed by atoms with Crippen molar-refractivity contribution >= 4 is 11.8 Å². The second-order valence-corrected chi connectivity index (χ2v) is 6.13. The number of rotatable bonds is 6. The number of carbonyl (C=O) groups is 2. The summed E-state index contributed by atoms with van der Waals surface area (Å²) in [6.45, 7) is 2.02. The van der Waals surface area contributed by atoms with Crippen LogP contribution in [0.5, 0.6) is 0 Å². The third-order valence-corrected chi connectivity index (χ3v) is 4.42. The summed E-state index contributed by atoms with van der Waals surface area (Å²) in [5.74, 6) is 0.385. The summed E-state index contributed by atoms with van der Waals surface area (Å²) in [6, 6.07) is 12.2. The number of nitrogens with zero attached hydrogens (tertiary/aromatic N) is 2. The SMILES string of the molecule is CC[C@H](NC(=O)c1ccc(-c2ccc(C(=O)NC)o2)cc1)c1ccnn1C. The standard InChI is InChI=1S/C20H22N4O3/c1-4-15(16-11-12-22-24(16)3)23-19(25)14-7-5-13(6-8-14)17-9-10-18(27-17)20(26)21-2/h5-12,15H,4H2,1-3H3,(H,21,26)(H,23,25)/t15-/m0/s1. The molecular formula is C20H22N4O3. The van der Waals surface area contributed by atoms with Crippen molar-refractivity contribution in [3.05, 3.63) is 65.7 Å². The van der Waals surface area contributed by atoms with Crippen LogP contribution in [-0.2, 0) is 7.05 Å². The van der Waals surface area contributed by atoms with Crippen LogP contribution in [0.25, 0.3) is 11.3 Å². The van der Waals surface area contributed by atoms with Gasteiger partial charge in [0.1, 0.15) is 5.76 Å². The topological polar surface area (TPSA) is 89.2 Å². The van der Waals surface area contributed by atoms with E-state index in [2.05, 4.69) is 15.7 Å². The number of hydrogen-bond donors (Lipinski definition) is 2. The van der Waals surface area contributed by atoms with E-state index >= 15 is 0 Å². The van der Waals surface area contributed by atoms with Crippen molar-refractivity contribution in [2.45, 2.75) is 19.4 Å². The number of hydrogen-bond acceptors (Lipinski definition) is 4. The molecule has 140 valence electrons. The zero-order valence-corrected chi connectivity index (χ0v) is 15.5. The average Bonchev–Trinajstić information content (AvgIpc) is 3.35. The zero-order chi connectivity index (χ0) is 19.4. The molecule has 3 aromatic rings. The summed E-state index contributed by atoms with van der Waals surface area (Å²) in [7, 11) is 3.41. The van der Waals surface area contributed by atoms with E-state index in [9.17, 15) is 9.59 Å². The van der Waals surface area contributed by atoms with Gasteiger partial charge in [0, 0.05) is 31.4 Å². The molecule has 0 aliphatic rings. The van der Waals surface area contributed by atoms with Gasteiger partial charge in [-0.2, -0.15) is 5.10 Å². The third-order valence-electron chi connectivity index (χ3n) is 4.42. The molecule has 0 spiro atoms. The van der Waals surface area contributed by atoms with Crippen LogP contribution < -0.4 is 10.6 Å². The Morgan fingerprint density at radius 2 is 1.85 bits per heavy atom. The van der Waals surface area contributed by atoms with E-state index in [1.807, 2.05) is 20.0 Å². The summed E-state index contributed by atoms with van der Waals surface area (Å²) in [5, 5.41) is 9.71. The van der Waals surface area contributed by atoms with E-state index in [4.69, 9.17) is 4.42 Å². The molecular weight excluding hydrogens is 344 g/mol. The van der Waals surface area contributed by atoms with Crippen LogP contribution in [0.3, 0.4) is 0 Å². The minimum Gasteiger partial charge on any atom is -0.451 e. The first-order chi connectivity index (χ1) is 13.0. The predicted octanol–water partition coefficient (Wildman–Crippen LogP) is 2.92. The van der Waals surface area contributed by atoms with Crippen molar-refractivity contribution in [2.24, 2.45) is 7.05 Å². The van der Waals surface area contributed by atoms with Crippen LogP contribution in [0.2, 0.25) is 0 Å². The highest BCUT2D eigenvalue weighted by Gasteiger charge is 2.17. The second-order valence-electron chi connectivity index (χ2n) is 6.13. The smallest absolute Gasteiger partial charge is 0.286 e. The molecule has 0 bridgehead atoms. The normalized spacial score (nSPS) is 11.8. The molecule has 0 aliphatic heterocycles. The van der Waals surface area contributed by atoms with Crippen molar-refractivity contribution in [1.29, 1.82) is 0 Å². The number of furan rings is 1. The molecule has 0 fully saturated rings. The van der Waals surface area contributed by atoms with Gasteiger partial charge in [-0.15, -0.1) is 0 Å². The molecule has 0 radical (unpaired) electrons. The molecule has 0 saturated heterocycles. The first-order valence-corrected chi connectivity index (χ1v) is 8.74. The number of nitrogens with one attached hydrogen (secondary N) is 2. The Labute approximate surface area is 157 Å². The van der Waals surface area contributed by atoms with Crippen LogP contribution in [0.4, 0.5) is 0 Å². The van der Waals surface area contributed by atoms with Gasteiger partial charge < -0.3 is 15.1 Å². The molecule has 2 amide bonds. The first kappa shape index (κ1) is 18.4. The van der Waals surface area contributed by atoms with Gasteiger partial charge >= 0.3 is 0 Å². The molecule has 3 rings (SSSR count). The molecule has 0 saturated carbocycles. The van der Waals surface area contributed by atoms with Crippen LogP contribution in [0, 0.1) is 0 Å². The van der Waals surface area contributed by atoms with Crippen molar-refractivity contribution in [3.63, 3.8) is 0 Å². The fourth-order valence-corrected chi connectivity index (χ4v) is 2.88. The second kappa shape index (κ2) is 7.90. The lowest BCUT2D eigenvalue weighted by Gasteiger charge is -2.17. The van der Waals surface area contributed by atoms with Crippen molar-refractivity contribution in [3.8, 4) is 11.3 Å². The van der Waals surface area contributed by atoms with E-state index in [-0.39, 0.29) is 23.6 Å². The fourth-order valence-electron chi connectivity index (χ4n) is 2.88. The summed E-state index contributed by atoms with van der Waals surface area (Å²) >= 11 is 0. The molecule has 2 aromatic heterocycles. The lowest BCUT2D eigenvalue weighted by molar-refractivity contribution is 0.0927. The Morgan fingerprint density at radius 3 is 2.44 bits per heavy atom. The highest BCUT2D eigenvalue weighted by atomic mass is 16.3.